The SMILES string of the molecule is CC1C(=O)N2C(c3ccccc3)OC[C@@]2([C-]=O)C1C.[Rf]. The fourth-order valence-corrected chi connectivity index (χ4v) is 3.10. The largest absolute Gasteiger partial charge is 0.539 e. The first-order valence-electron chi connectivity index (χ1n) is 6.51. The van der Waals surface area contributed by atoms with Crippen molar-refractivity contribution >= 4 is 12.2 Å². The van der Waals surface area contributed by atoms with Gasteiger partial charge >= 0.3 is 0 Å². The van der Waals surface area contributed by atoms with Crippen molar-refractivity contribution in [3.63, 3.8) is 0 Å². The van der Waals surface area contributed by atoms with Crippen molar-refractivity contribution in [3.05, 3.63) is 35.9 Å². The average Bonchev–Trinajstić information content (AvgIpc) is 2.93. The van der Waals surface area contributed by atoms with E-state index in [1.807, 2.05) is 44.2 Å². The molecule has 102 valence electrons. The van der Waals surface area contributed by atoms with Crippen molar-refractivity contribution in [3.8, 4) is 0 Å². The Kier molecular flexibility index (Phi) is 3.06. The third kappa shape index (κ3) is 1.46. The molecule has 0 saturated carbocycles. The molecule has 0 radical (unpaired) electrons. The zero-order valence-corrected chi connectivity index (χ0v) is 18.1. The maximum atomic E-state index is 12.4. The molecule has 4 nitrogen and oxygen atoms in total. The van der Waals surface area contributed by atoms with Crippen molar-refractivity contribution in [1.29, 1.82) is 0 Å². The molecule has 4 atom stereocenters. The zero-order valence-electron chi connectivity index (χ0n) is 11.7. The van der Waals surface area contributed by atoms with Crippen LogP contribution in [0.25, 0.3) is 0 Å². The number of rotatable bonds is 2. The molecule has 20 heavy (non-hydrogen) atoms. The van der Waals surface area contributed by atoms with E-state index in [4.69, 9.17) is 4.74 Å². The maximum absolute atomic E-state index is 12.4. The summed E-state index contributed by atoms with van der Waals surface area (Å²) >= 11 is 0. The Hall–Kier alpha value is -2.68. The fraction of sp³-hybridized carbons (Fsp3) is 0.467. The summed E-state index contributed by atoms with van der Waals surface area (Å²) in [4.78, 5) is 25.5. The van der Waals surface area contributed by atoms with E-state index in [0.29, 0.717) is 0 Å². The van der Waals surface area contributed by atoms with E-state index >= 15 is 0 Å². The molecule has 3 rings (SSSR count). The van der Waals surface area contributed by atoms with E-state index in [-0.39, 0.29) is 24.3 Å². The number of hydrogen-bond acceptors (Lipinski definition) is 3. The first-order valence-corrected chi connectivity index (χ1v) is 6.51. The third-order valence-corrected chi connectivity index (χ3v) is 4.52. The summed E-state index contributed by atoms with van der Waals surface area (Å²) in [6.07, 6.45) is 1.61. The van der Waals surface area contributed by atoms with Crippen LogP contribution >= 0.6 is 0 Å². The van der Waals surface area contributed by atoms with Crippen LogP contribution in [-0.4, -0.2) is 29.2 Å². The first-order chi connectivity index (χ1) is 9.12. The Bertz CT molecular complexity index is 521. The van der Waals surface area contributed by atoms with Crippen LogP contribution in [0, 0.1) is 11.8 Å². The summed E-state index contributed by atoms with van der Waals surface area (Å²) in [5.74, 6) is -0.273. The van der Waals surface area contributed by atoms with Crippen molar-refractivity contribution < 1.29 is 14.3 Å². The fourth-order valence-electron chi connectivity index (χ4n) is 3.10. The van der Waals surface area contributed by atoms with Crippen molar-refractivity contribution in [1.82, 2.24) is 4.90 Å². The van der Waals surface area contributed by atoms with Crippen LogP contribution in [0.4, 0.5) is 0 Å². The van der Waals surface area contributed by atoms with Gasteiger partial charge < -0.3 is 14.4 Å². The van der Waals surface area contributed by atoms with Crippen LogP contribution in [0.2, 0.25) is 0 Å². The van der Waals surface area contributed by atoms with Gasteiger partial charge in [-0.2, -0.15) is 0 Å². The van der Waals surface area contributed by atoms with Crippen LogP contribution in [0.15, 0.2) is 30.3 Å². The Balaban J connectivity index is 0.00000147. The third-order valence-electron chi connectivity index (χ3n) is 4.52. The Labute approximate surface area is 112 Å². The second kappa shape index (κ2) is 4.46. The first kappa shape index (κ1) is 13.7. The summed E-state index contributed by atoms with van der Waals surface area (Å²) in [6, 6.07) is 9.53. The van der Waals surface area contributed by atoms with Crippen LogP contribution in [0.3, 0.4) is 0 Å². The summed E-state index contributed by atoms with van der Waals surface area (Å²) < 4.78 is 5.73. The molecule has 2 heterocycles. The quantitative estimate of drug-likeness (QED) is 0.553. The molecule has 2 saturated heterocycles. The van der Waals surface area contributed by atoms with Crippen LogP contribution in [0.5, 0.6) is 0 Å². The molecule has 2 fully saturated rings. The average molecular weight is 525 g/mol. The number of carbonyl (C=O) groups excluding carboxylic acids is 2. The summed E-state index contributed by atoms with van der Waals surface area (Å²) in [5.41, 5.74) is -0.0222. The minimum atomic E-state index is -0.920. The number of hydrogen-bond donors (Lipinski definition) is 0. The van der Waals surface area contributed by atoms with E-state index in [0.717, 1.165) is 5.56 Å². The number of nitrogens with zero attached hydrogens (tertiary/aromatic N) is 1. The molecule has 5 heteroatoms. The minimum absolute atomic E-state index is 0. The van der Waals surface area contributed by atoms with Gasteiger partial charge in [0, 0.05) is 18.1 Å². The van der Waals surface area contributed by atoms with Crippen LogP contribution in [-0.2, 0) is 14.3 Å². The number of fused-ring (bicyclic) bond motifs is 1. The van der Waals surface area contributed by atoms with E-state index < -0.39 is 11.8 Å². The molecular formula is C15H16NO3Rf-. The molecule has 1 aromatic rings. The van der Waals surface area contributed by atoms with Gasteiger partial charge in [0.25, 0.3) is 0 Å². The van der Waals surface area contributed by atoms with E-state index in [9.17, 15) is 9.59 Å². The second-order valence-corrected chi connectivity index (χ2v) is 5.39. The van der Waals surface area contributed by atoms with Gasteiger partial charge in [-0.15, -0.1) is 0 Å². The topological polar surface area (TPSA) is 46.6 Å². The van der Waals surface area contributed by atoms with Gasteiger partial charge in [0.1, 0.15) is 0 Å². The second-order valence-electron chi connectivity index (χ2n) is 5.39. The van der Waals surface area contributed by atoms with Gasteiger partial charge in [0.2, 0.25) is 5.91 Å². The van der Waals surface area contributed by atoms with Crippen LogP contribution < -0.4 is 0 Å². The summed E-state index contributed by atoms with van der Waals surface area (Å²) in [7, 11) is 0. The molecule has 0 bridgehead atoms. The van der Waals surface area contributed by atoms with Crippen molar-refractivity contribution in [2.24, 2.45) is 11.8 Å². The van der Waals surface area contributed by atoms with Gasteiger partial charge in [-0.25, -0.2) is 6.29 Å². The molecule has 2 aliphatic heterocycles. The van der Waals surface area contributed by atoms with E-state index in [1.165, 1.54) is 0 Å². The van der Waals surface area contributed by atoms with Gasteiger partial charge in [-0.1, -0.05) is 44.2 Å². The monoisotopic (exact) mass is 525 g/mol. The molecule has 0 spiro atoms. The molecular weight excluding hydrogens is 509 g/mol. The summed E-state index contributed by atoms with van der Waals surface area (Å²) in [6.45, 7) is 4.02. The molecule has 1 aromatic carbocycles. The Morgan fingerprint density at radius 1 is 1.30 bits per heavy atom. The molecule has 1 amide bonds. The van der Waals surface area contributed by atoms with Crippen molar-refractivity contribution in [2.75, 3.05) is 6.61 Å². The zero-order chi connectivity index (χ0) is 13.6. The summed E-state index contributed by atoms with van der Waals surface area (Å²) in [5, 5.41) is 0. The smallest absolute Gasteiger partial charge is 0.226 e. The normalized spacial score (nSPS) is 35.6. The number of amides is 1. The Morgan fingerprint density at radius 3 is 2.55 bits per heavy atom. The molecule has 0 N–H and O–H groups in total. The Morgan fingerprint density at radius 2 is 1.95 bits per heavy atom. The molecule has 3 unspecified atom stereocenters. The van der Waals surface area contributed by atoms with E-state index in [2.05, 4.69) is 6.29 Å². The van der Waals surface area contributed by atoms with Gasteiger partial charge in [-0.3, -0.25) is 4.79 Å². The maximum Gasteiger partial charge on any atom is 0.226 e. The predicted octanol–water partition coefficient (Wildman–Crippen LogP) is 1.68. The molecule has 2 aliphatic rings. The minimum Gasteiger partial charge on any atom is -0.539 e. The molecule has 0 aromatic heterocycles. The molecule has 0 aliphatic carbocycles. The van der Waals surface area contributed by atoms with E-state index in [1.54, 1.807) is 4.90 Å². The number of carbonyl (C=O) groups is 1. The van der Waals surface area contributed by atoms with Gasteiger partial charge in [0.15, 0.2) is 6.23 Å². The van der Waals surface area contributed by atoms with Gasteiger partial charge in [-0.05, 0) is 11.5 Å². The van der Waals surface area contributed by atoms with Crippen LogP contribution in [0.1, 0.15) is 25.6 Å². The van der Waals surface area contributed by atoms with Gasteiger partial charge in [0.05, 0.1) is 0 Å². The number of ether oxygens (including phenoxy) is 1. The van der Waals surface area contributed by atoms with Crippen molar-refractivity contribution in [2.45, 2.75) is 25.6 Å². The number of benzene rings is 1. The predicted molar refractivity (Wildman–Crippen MR) is 68.7 cm³/mol. The standard InChI is InChI=1S/C15H16NO3.Rf/c1-10-11(2)15(8-17)9-19-14(16(15)13(10)18)12-6-4-3-5-7-12;/h3-7,10-11,14H,9H2,1-2H3;/q-1;/t10?,11?,14?,15-;/m0./s1.